The van der Waals surface area contributed by atoms with Gasteiger partial charge in [-0.15, -0.1) is 0 Å². The van der Waals surface area contributed by atoms with E-state index in [1.165, 1.54) is 11.1 Å². The predicted octanol–water partition coefficient (Wildman–Crippen LogP) is 7.42. The van der Waals surface area contributed by atoms with Gasteiger partial charge in [-0.3, -0.25) is 4.79 Å². The number of aliphatic hydroxyl groups is 1. The first-order valence-corrected chi connectivity index (χ1v) is 13.2. The van der Waals surface area contributed by atoms with Crippen molar-refractivity contribution in [2.45, 2.75) is 118 Å². The zero-order chi connectivity index (χ0) is 25.7. The normalized spacial score (nSPS) is 32.5. The highest BCUT2D eigenvalue weighted by Crippen LogP contribution is 2.62. The Morgan fingerprint density at radius 3 is 2.09 bits per heavy atom. The Bertz CT molecular complexity index is 842. The second-order valence-corrected chi connectivity index (χ2v) is 12.1. The number of aliphatic carboxylic acids is 1. The number of hydrogen-bond donors (Lipinski definition) is 2. The second kappa shape index (κ2) is 11.4. The lowest BCUT2D eigenvalue weighted by molar-refractivity contribution is -0.177. The van der Waals surface area contributed by atoms with E-state index in [1.807, 2.05) is 6.92 Å². The molecule has 0 radical (unpaired) electrons. The maximum atomic E-state index is 12.6. The Morgan fingerprint density at radius 2 is 1.50 bits per heavy atom. The number of rotatable bonds is 10. The minimum Gasteiger partial charge on any atom is -0.478 e. The molecule has 0 bridgehead atoms. The molecule has 0 spiro atoms. The first-order valence-electron chi connectivity index (χ1n) is 13.2. The Hall–Kier alpha value is -1.68. The van der Waals surface area contributed by atoms with Gasteiger partial charge in [0.2, 0.25) is 0 Å². The molecular weight excluding hydrogens is 424 g/mol. The highest BCUT2D eigenvalue weighted by molar-refractivity contribution is 5.86. The number of hydrogen-bond acceptors (Lipinski definition) is 3. The number of carboxylic acids is 1. The van der Waals surface area contributed by atoms with E-state index in [0.29, 0.717) is 23.7 Å². The molecule has 0 aromatic rings. The van der Waals surface area contributed by atoms with Crippen molar-refractivity contribution < 1.29 is 19.8 Å². The van der Waals surface area contributed by atoms with Gasteiger partial charge in [0.15, 0.2) is 0 Å². The second-order valence-electron chi connectivity index (χ2n) is 12.1. The summed E-state index contributed by atoms with van der Waals surface area (Å²) >= 11 is 0. The van der Waals surface area contributed by atoms with E-state index in [9.17, 15) is 14.7 Å². The molecule has 4 heteroatoms. The zero-order valence-corrected chi connectivity index (χ0v) is 22.7. The van der Waals surface area contributed by atoms with Gasteiger partial charge < -0.3 is 10.2 Å². The van der Waals surface area contributed by atoms with Crippen LogP contribution in [0.1, 0.15) is 113 Å². The van der Waals surface area contributed by atoms with Gasteiger partial charge >= 0.3 is 5.97 Å². The van der Waals surface area contributed by atoms with Crippen molar-refractivity contribution in [3.05, 3.63) is 34.9 Å². The van der Waals surface area contributed by atoms with E-state index in [0.717, 1.165) is 57.8 Å². The molecule has 2 aliphatic carbocycles. The summed E-state index contributed by atoms with van der Waals surface area (Å²) in [5.74, 6) is 0.100. The molecule has 192 valence electrons. The topological polar surface area (TPSA) is 74.6 Å². The van der Waals surface area contributed by atoms with Crippen molar-refractivity contribution in [3.63, 3.8) is 0 Å². The molecule has 4 atom stereocenters. The molecule has 0 aliphatic heterocycles. The molecule has 2 rings (SSSR count). The highest BCUT2D eigenvalue weighted by Gasteiger charge is 2.59. The number of Topliss-reactive ketones (excluding diaryl/α,β-unsaturated/α-hetero) is 1. The van der Waals surface area contributed by atoms with Gasteiger partial charge in [0.25, 0.3) is 0 Å². The predicted molar refractivity (Wildman–Crippen MR) is 140 cm³/mol. The van der Waals surface area contributed by atoms with Crippen molar-refractivity contribution in [2.24, 2.45) is 22.7 Å². The summed E-state index contributed by atoms with van der Waals surface area (Å²) in [5, 5.41) is 20.2. The molecular formula is C30H48O4. The third kappa shape index (κ3) is 6.71. The van der Waals surface area contributed by atoms with Crippen LogP contribution in [0.3, 0.4) is 0 Å². The monoisotopic (exact) mass is 472 g/mol. The minimum absolute atomic E-state index is 0.00813. The van der Waals surface area contributed by atoms with Crippen LogP contribution in [0.5, 0.6) is 0 Å². The molecule has 0 aromatic carbocycles. The van der Waals surface area contributed by atoms with E-state index in [2.05, 4.69) is 46.8 Å². The van der Waals surface area contributed by atoms with Crippen LogP contribution in [0.4, 0.5) is 0 Å². The van der Waals surface area contributed by atoms with Crippen LogP contribution in [-0.4, -0.2) is 27.6 Å². The van der Waals surface area contributed by atoms with Gasteiger partial charge in [0.1, 0.15) is 5.78 Å². The number of carbonyl (C=O) groups excluding carboxylic acids is 1. The quantitative estimate of drug-likeness (QED) is 0.256. The molecule has 2 aliphatic rings. The summed E-state index contributed by atoms with van der Waals surface area (Å²) in [7, 11) is 0. The first kappa shape index (κ1) is 28.6. The molecule has 4 nitrogen and oxygen atoms in total. The summed E-state index contributed by atoms with van der Waals surface area (Å²) in [6, 6.07) is 0. The Kier molecular flexibility index (Phi) is 9.55. The van der Waals surface area contributed by atoms with Crippen LogP contribution < -0.4 is 0 Å². The van der Waals surface area contributed by atoms with E-state index < -0.39 is 11.6 Å². The molecule has 0 aromatic heterocycles. The molecule has 2 saturated carbocycles. The lowest BCUT2D eigenvalue weighted by Crippen LogP contribution is -2.59. The maximum absolute atomic E-state index is 12.6. The Morgan fingerprint density at radius 1 is 0.941 bits per heavy atom. The number of ketones is 1. The van der Waals surface area contributed by atoms with Crippen molar-refractivity contribution in [3.8, 4) is 0 Å². The van der Waals surface area contributed by atoms with E-state index in [-0.39, 0.29) is 16.7 Å². The lowest BCUT2D eigenvalue weighted by atomic mass is 9.45. The first-order chi connectivity index (χ1) is 15.7. The van der Waals surface area contributed by atoms with Crippen LogP contribution in [0.2, 0.25) is 0 Å². The van der Waals surface area contributed by atoms with Crippen LogP contribution in [0.25, 0.3) is 0 Å². The molecule has 2 fully saturated rings. The summed E-state index contributed by atoms with van der Waals surface area (Å²) < 4.78 is 0. The Labute approximate surface area is 207 Å². The average Bonchev–Trinajstić information content (AvgIpc) is 2.72. The molecule has 2 N–H and O–H groups in total. The van der Waals surface area contributed by atoms with Crippen molar-refractivity contribution in [1.29, 1.82) is 0 Å². The van der Waals surface area contributed by atoms with Crippen molar-refractivity contribution in [2.75, 3.05) is 0 Å². The van der Waals surface area contributed by atoms with Gasteiger partial charge in [-0.1, -0.05) is 50.1 Å². The minimum atomic E-state index is -0.845. The maximum Gasteiger partial charge on any atom is 0.330 e. The molecule has 34 heavy (non-hydrogen) atoms. The van der Waals surface area contributed by atoms with Gasteiger partial charge in [0.05, 0.1) is 5.60 Å². The highest BCUT2D eigenvalue weighted by atomic mass is 16.4. The summed E-state index contributed by atoms with van der Waals surface area (Å²) in [6.07, 6.45) is 15.2. The molecule has 0 saturated heterocycles. The van der Waals surface area contributed by atoms with Crippen molar-refractivity contribution in [1.82, 2.24) is 0 Å². The third-order valence-corrected chi connectivity index (χ3v) is 9.07. The van der Waals surface area contributed by atoms with E-state index >= 15 is 0 Å². The fraction of sp³-hybridized carbons (Fsp3) is 0.733. The fourth-order valence-electron chi connectivity index (χ4n) is 6.82. The lowest BCUT2D eigenvalue weighted by Gasteiger charge is -2.60. The number of fused-ring (bicyclic) bond motifs is 1. The Balaban J connectivity index is 1.92. The average molecular weight is 473 g/mol. The van der Waals surface area contributed by atoms with Gasteiger partial charge in [-0.05, 0) is 103 Å². The fourth-order valence-corrected chi connectivity index (χ4v) is 6.82. The summed E-state index contributed by atoms with van der Waals surface area (Å²) in [5.41, 5.74) is 2.13. The number of carbonyl (C=O) groups is 2. The summed E-state index contributed by atoms with van der Waals surface area (Å²) in [4.78, 5) is 23.5. The number of carboxylic acid groups (broad SMARTS) is 1. The van der Waals surface area contributed by atoms with E-state index in [1.54, 1.807) is 13.0 Å². The number of allylic oxidation sites excluding steroid dienone is 5. The SMILES string of the molecule is C/C(=C\CC/C(C)=C/CC[C@@H]1[C@]2(C)CCC(=O)C(C)(C)[C@@H]2CC[C@@]1(C)O)CC/C=C(\C)C(=O)O. The van der Waals surface area contributed by atoms with Gasteiger partial charge in [-0.2, -0.15) is 0 Å². The standard InChI is InChI=1S/C30H48O4/c1-21(13-9-15-23(3)27(32)33)11-8-12-22(2)14-10-16-25-29(6)19-18-26(31)28(4,5)24(29)17-20-30(25,7)34/h11,14-15,24-25,34H,8-10,12-13,16-20H2,1-7H3,(H,32,33)/b21-11+,22-14+,23-15+/t24-,25+,29+,30+/m0/s1. The van der Waals surface area contributed by atoms with Crippen LogP contribution >= 0.6 is 0 Å². The molecule has 0 heterocycles. The van der Waals surface area contributed by atoms with Crippen molar-refractivity contribution >= 4 is 11.8 Å². The summed E-state index contributed by atoms with van der Waals surface area (Å²) in [6.45, 7) is 14.5. The van der Waals surface area contributed by atoms with Gasteiger partial charge in [-0.25, -0.2) is 4.79 Å². The zero-order valence-electron chi connectivity index (χ0n) is 22.7. The van der Waals surface area contributed by atoms with Gasteiger partial charge in [0, 0.05) is 17.4 Å². The van der Waals surface area contributed by atoms with Crippen LogP contribution in [0, 0.1) is 22.7 Å². The molecule has 0 amide bonds. The smallest absolute Gasteiger partial charge is 0.330 e. The van der Waals surface area contributed by atoms with E-state index in [4.69, 9.17) is 5.11 Å². The van der Waals surface area contributed by atoms with Crippen LogP contribution in [-0.2, 0) is 9.59 Å². The largest absolute Gasteiger partial charge is 0.478 e. The third-order valence-electron chi connectivity index (χ3n) is 9.07. The van der Waals surface area contributed by atoms with Crippen LogP contribution in [0.15, 0.2) is 34.9 Å². The molecule has 0 unspecified atom stereocenters.